The SMILES string of the molecule is Cc1nc(C(=O)Nc2cccc(C(=O)O)c2)co1. The smallest absolute Gasteiger partial charge is 0.335 e. The number of carbonyl (C=O) groups is 2. The van der Waals surface area contributed by atoms with Crippen molar-refractivity contribution in [1.82, 2.24) is 4.98 Å². The lowest BCUT2D eigenvalue weighted by Crippen LogP contribution is -2.12. The number of aryl methyl sites for hydroxylation is 1. The van der Waals surface area contributed by atoms with E-state index in [2.05, 4.69) is 10.3 Å². The number of aromatic nitrogens is 1. The third-order valence-electron chi connectivity index (χ3n) is 2.22. The number of nitrogens with zero attached hydrogens (tertiary/aromatic N) is 1. The number of aromatic carboxylic acids is 1. The number of oxazole rings is 1. The third kappa shape index (κ3) is 2.54. The van der Waals surface area contributed by atoms with Crippen molar-refractivity contribution in [2.24, 2.45) is 0 Å². The van der Waals surface area contributed by atoms with Crippen LogP contribution in [0.25, 0.3) is 0 Å². The van der Waals surface area contributed by atoms with Gasteiger partial charge in [-0.2, -0.15) is 0 Å². The molecule has 0 aliphatic rings. The summed E-state index contributed by atoms with van der Waals surface area (Å²) in [5.74, 6) is -1.11. The highest BCUT2D eigenvalue weighted by Crippen LogP contribution is 2.12. The van der Waals surface area contributed by atoms with E-state index in [-0.39, 0.29) is 11.3 Å². The molecule has 2 rings (SSSR count). The Hall–Kier alpha value is -2.63. The molecule has 0 fully saturated rings. The predicted octanol–water partition coefficient (Wildman–Crippen LogP) is 1.93. The lowest BCUT2D eigenvalue weighted by Gasteiger charge is -2.03. The minimum Gasteiger partial charge on any atom is -0.478 e. The Morgan fingerprint density at radius 3 is 2.78 bits per heavy atom. The number of carboxylic acids is 1. The van der Waals surface area contributed by atoms with Crippen LogP contribution in [-0.2, 0) is 0 Å². The lowest BCUT2D eigenvalue weighted by molar-refractivity contribution is 0.0696. The van der Waals surface area contributed by atoms with Gasteiger partial charge in [0, 0.05) is 12.6 Å². The van der Waals surface area contributed by atoms with Gasteiger partial charge in [-0.05, 0) is 18.2 Å². The van der Waals surface area contributed by atoms with Crippen molar-refractivity contribution < 1.29 is 19.1 Å². The molecule has 0 atom stereocenters. The first-order valence-electron chi connectivity index (χ1n) is 5.13. The van der Waals surface area contributed by atoms with Gasteiger partial charge in [-0.15, -0.1) is 0 Å². The highest BCUT2D eigenvalue weighted by Gasteiger charge is 2.11. The zero-order chi connectivity index (χ0) is 13.1. The van der Waals surface area contributed by atoms with E-state index in [1.54, 1.807) is 19.1 Å². The molecule has 1 aromatic carbocycles. The Kier molecular flexibility index (Phi) is 3.09. The van der Waals surface area contributed by atoms with Crippen LogP contribution in [0.15, 0.2) is 34.9 Å². The third-order valence-corrected chi connectivity index (χ3v) is 2.22. The molecule has 0 spiro atoms. The molecule has 0 unspecified atom stereocenters. The van der Waals surface area contributed by atoms with Crippen LogP contribution in [0.2, 0.25) is 0 Å². The minimum absolute atomic E-state index is 0.101. The molecule has 92 valence electrons. The van der Waals surface area contributed by atoms with E-state index in [1.165, 1.54) is 18.4 Å². The van der Waals surface area contributed by atoms with Gasteiger partial charge in [0.15, 0.2) is 11.6 Å². The van der Waals surface area contributed by atoms with Crippen LogP contribution < -0.4 is 5.32 Å². The van der Waals surface area contributed by atoms with Crippen molar-refractivity contribution in [1.29, 1.82) is 0 Å². The average molecular weight is 246 g/mol. The number of benzene rings is 1. The number of anilines is 1. The van der Waals surface area contributed by atoms with E-state index in [0.29, 0.717) is 11.6 Å². The van der Waals surface area contributed by atoms with Gasteiger partial charge in [-0.1, -0.05) is 6.07 Å². The molecule has 0 aliphatic carbocycles. The van der Waals surface area contributed by atoms with Crippen molar-refractivity contribution in [3.8, 4) is 0 Å². The van der Waals surface area contributed by atoms with Crippen LogP contribution in [0.5, 0.6) is 0 Å². The molecule has 1 heterocycles. The molecule has 1 amide bonds. The van der Waals surface area contributed by atoms with Gasteiger partial charge in [-0.3, -0.25) is 4.79 Å². The predicted molar refractivity (Wildman–Crippen MR) is 62.6 cm³/mol. The second-order valence-electron chi connectivity index (χ2n) is 3.59. The van der Waals surface area contributed by atoms with Crippen LogP contribution in [0, 0.1) is 6.92 Å². The molecule has 0 aliphatic heterocycles. The Balaban J connectivity index is 2.16. The Bertz CT molecular complexity index is 604. The van der Waals surface area contributed by atoms with Crippen molar-refractivity contribution >= 4 is 17.6 Å². The topological polar surface area (TPSA) is 92.4 Å². The van der Waals surface area contributed by atoms with Crippen LogP contribution >= 0.6 is 0 Å². The van der Waals surface area contributed by atoms with Crippen LogP contribution in [0.3, 0.4) is 0 Å². The highest BCUT2D eigenvalue weighted by atomic mass is 16.4. The molecule has 2 N–H and O–H groups in total. The zero-order valence-corrected chi connectivity index (χ0v) is 9.51. The summed E-state index contributed by atoms with van der Waals surface area (Å²) in [7, 11) is 0. The molecule has 0 bridgehead atoms. The van der Waals surface area contributed by atoms with Crippen LogP contribution in [0.1, 0.15) is 26.7 Å². The van der Waals surface area contributed by atoms with Crippen molar-refractivity contribution in [2.75, 3.05) is 5.32 Å². The standard InChI is InChI=1S/C12H10N2O4/c1-7-13-10(6-18-7)11(15)14-9-4-2-3-8(5-9)12(16)17/h2-6H,1H3,(H,14,15)(H,16,17). The number of rotatable bonds is 3. The summed E-state index contributed by atoms with van der Waals surface area (Å²) in [5.41, 5.74) is 0.637. The number of carboxylic acid groups (broad SMARTS) is 1. The number of carbonyl (C=O) groups excluding carboxylic acids is 1. The molecule has 0 saturated carbocycles. The fraction of sp³-hybridized carbons (Fsp3) is 0.0833. The second kappa shape index (κ2) is 4.70. The summed E-state index contributed by atoms with van der Waals surface area (Å²) < 4.78 is 4.92. The average Bonchev–Trinajstić information content (AvgIpc) is 2.76. The number of nitrogens with one attached hydrogen (secondary N) is 1. The molecule has 2 aromatic rings. The van der Waals surface area contributed by atoms with Gasteiger partial charge in [0.2, 0.25) is 0 Å². The maximum Gasteiger partial charge on any atom is 0.335 e. The van der Waals surface area contributed by atoms with Crippen molar-refractivity contribution in [3.63, 3.8) is 0 Å². The normalized spacial score (nSPS) is 10.1. The molecule has 0 radical (unpaired) electrons. The fourth-order valence-electron chi connectivity index (χ4n) is 1.39. The van der Waals surface area contributed by atoms with Crippen LogP contribution in [-0.4, -0.2) is 22.0 Å². The maximum atomic E-state index is 11.7. The summed E-state index contributed by atoms with van der Waals surface area (Å²) in [6.45, 7) is 1.63. The summed E-state index contributed by atoms with van der Waals surface area (Å²) in [4.78, 5) is 26.4. The minimum atomic E-state index is -1.05. The van der Waals surface area contributed by atoms with Gasteiger partial charge >= 0.3 is 5.97 Å². The first kappa shape index (κ1) is 11.8. The zero-order valence-electron chi connectivity index (χ0n) is 9.51. The quantitative estimate of drug-likeness (QED) is 0.863. The summed E-state index contributed by atoms with van der Waals surface area (Å²) in [6, 6.07) is 5.95. The largest absolute Gasteiger partial charge is 0.478 e. The summed E-state index contributed by atoms with van der Waals surface area (Å²) in [5, 5.41) is 11.4. The van der Waals surface area contributed by atoms with E-state index in [4.69, 9.17) is 9.52 Å². The Morgan fingerprint density at radius 2 is 2.17 bits per heavy atom. The molecular weight excluding hydrogens is 236 g/mol. The number of hydrogen-bond acceptors (Lipinski definition) is 4. The van der Waals surface area contributed by atoms with E-state index < -0.39 is 11.9 Å². The van der Waals surface area contributed by atoms with E-state index in [9.17, 15) is 9.59 Å². The second-order valence-corrected chi connectivity index (χ2v) is 3.59. The van der Waals surface area contributed by atoms with E-state index in [0.717, 1.165) is 0 Å². The fourth-order valence-corrected chi connectivity index (χ4v) is 1.39. The summed E-state index contributed by atoms with van der Waals surface area (Å²) >= 11 is 0. The number of hydrogen-bond donors (Lipinski definition) is 2. The molecule has 6 heteroatoms. The van der Waals surface area contributed by atoms with Gasteiger partial charge in [0.25, 0.3) is 5.91 Å². The summed E-state index contributed by atoms with van der Waals surface area (Å²) in [6.07, 6.45) is 1.24. The van der Waals surface area contributed by atoms with Gasteiger partial charge in [-0.25, -0.2) is 9.78 Å². The van der Waals surface area contributed by atoms with E-state index >= 15 is 0 Å². The Labute approximate surface area is 102 Å². The molecule has 1 aromatic heterocycles. The Morgan fingerprint density at radius 1 is 1.39 bits per heavy atom. The molecule has 6 nitrogen and oxygen atoms in total. The van der Waals surface area contributed by atoms with E-state index in [1.807, 2.05) is 0 Å². The molecule has 18 heavy (non-hydrogen) atoms. The lowest BCUT2D eigenvalue weighted by atomic mass is 10.2. The molecule has 0 saturated heterocycles. The maximum absolute atomic E-state index is 11.7. The number of amides is 1. The van der Waals surface area contributed by atoms with Gasteiger partial charge < -0.3 is 14.8 Å². The highest BCUT2D eigenvalue weighted by molar-refractivity contribution is 6.03. The first-order chi connectivity index (χ1) is 8.56. The van der Waals surface area contributed by atoms with Gasteiger partial charge in [0.05, 0.1) is 5.56 Å². The van der Waals surface area contributed by atoms with Gasteiger partial charge in [0.1, 0.15) is 6.26 Å². The van der Waals surface area contributed by atoms with Crippen molar-refractivity contribution in [2.45, 2.75) is 6.92 Å². The van der Waals surface area contributed by atoms with Crippen molar-refractivity contribution in [3.05, 3.63) is 47.7 Å². The molecular formula is C12H10N2O4. The monoisotopic (exact) mass is 246 g/mol. The van der Waals surface area contributed by atoms with Crippen LogP contribution in [0.4, 0.5) is 5.69 Å². The first-order valence-corrected chi connectivity index (χ1v) is 5.13.